The van der Waals surface area contributed by atoms with Crippen molar-refractivity contribution < 1.29 is 13.2 Å². The summed E-state index contributed by atoms with van der Waals surface area (Å²) in [5.41, 5.74) is 1.51. The number of anilines is 1. The Labute approximate surface area is 134 Å². The first-order valence-corrected chi connectivity index (χ1v) is 7.70. The Balaban J connectivity index is 1.84. The van der Waals surface area contributed by atoms with Gasteiger partial charge in [-0.25, -0.2) is 4.98 Å². The highest BCUT2D eigenvalue weighted by atomic mass is 35.5. The molecular weight excluding hydrogens is 327 g/mol. The molecule has 23 heavy (non-hydrogen) atoms. The Morgan fingerprint density at radius 2 is 2.00 bits per heavy atom. The molecule has 4 rings (SSSR count). The third-order valence-corrected chi connectivity index (χ3v) is 4.44. The quantitative estimate of drug-likeness (QED) is 0.695. The van der Waals surface area contributed by atoms with Gasteiger partial charge in [0.15, 0.2) is 0 Å². The summed E-state index contributed by atoms with van der Waals surface area (Å²) >= 11 is 5.98. The Kier molecular flexibility index (Phi) is 3.20. The molecule has 0 saturated heterocycles. The van der Waals surface area contributed by atoms with Gasteiger partial charge in [0.1, 0.15) is 11.9 Å². The lowest BCUT2D eigenvalue weighted by Gasteiger charge is -2.22. The van der Waals surface area contributed by atoms with E-state index in [0.717, 1.165) is 16.4 Å². The zero-order chi connectivity index (χ0) is 16.2. The van der Waals surface area contributed by atoms with Gasteiger partial charge in [0.05, 0.1) is 5.52 Å². The standard InChI is InChI=1S/C16H13ClF3N3/c17-9-3-4-10-12(7-9)22-11-5-6-21-15(13(10)11)23-14(8-1-2-8)16(18,19)20/h3-8,14,22H,1-2H2,(H,21,23)/t14-/m1/s1. The van der Waals surface area contributed by atoms with E-state index in [1.807, 2.05) is 0 Å². The zero-order valence-corrected chi connectivity index (χ0v) is 12.7. The summed E-state index contributed by atoms with van der Waals surface area (Å²) in [5.74, 6) is -0.114. The zero-order valence-electron chi connectivity index (χ0n) is 11.9. The molecule has 0 unspecified atom stereocenters. The van der Waals surface area contributed by atoms with Crippen molar-refractivity contribution in [2.75, 3.05) is 5.32 Å². The first kappa shape index (κ1) is 14.6. The highest BCUT2D eigenvalue weighted by Crippen LogP contribution is 2.42. The molecule has 0 aliphatic heterocycles. The van der Waals surface area contributed by atoms with E-state index in [2.05, 4.69) is 15.3 Å². The third-order valence-electron chi connectivity index (χ3n) is 4.21. The van der Waals surface area contributed by atoms with Crippen LogP contribution >= 0.6 is 11.6 Å². The molecule has 0 bridgehead atoms. The second-order valence-corrected chi connectivity index (χ2v) is 6.33. The molecule has 1 aliphatic rings. The minimum atomic E-state index is -4.29. The van der Waals surface area contributed by atoms with Crippen molar-refractivity contribution in [1.29, 1.82) is 0 Å². The summed E-state index contributed by atoms with van der Waals surface area (Å²) in [6.07, 6.45) is -1.60. The minimum Gasteiger partial charge on any atom is -0.358 e. The van der Waals surface area contributed by atoms with Crippen molar-refractivity contribution in [2.24, 2.45) is 5.92 Å². The summed E-state index contributed by atoms with van der Waals surface area (Å²) < 4.78 is 39.8. The molecule has 0 amide bonds. The monoisotopic (exact) mass is 339 g/mol. The van der Waals surface area contributed by atoms with E-state index in [-0.39, 0.29) is 11.7 Å². The number of H-pyrrole nitrogens is 1. The molecule has 1 atom stereocenters. The van der Waals surface area contributed by atoms with E-state index < -0.39 is 12.2 Å². The number of hydrogen-bond acceptors (Lipinski definition) is 2. The molecule has 3 nitrogen and oxygen atoms in total. The van der Waals surface area contributed by atoms with Crippen molar-refractivity contribution in [3.8, 4) is 0 Å². The lowest BCUT2D eigenvalue weighted by Crippen LogP contribution is -2.38. The SMILES string of the molecule is FC(F)(F)[C@H](Nc1nccc2[nH]c3cc(Cl)ccc3c12)C1CC1. The van der Waals surface area contributed by atoms with Crippen LogP contribution in [-0.2, 0) is 0 Å². The van der Waals surface area contributed by atoms with Crippen LogP contribution in [0.25, 0.3) is 21.8 Å². The molecule has 1 fully saturated rings. The molecule has 120 valence electrons. The van der Waals surface area contributed by atoms with E-state index in [1.54, 1.807) is 24.3 Å². The molecular formula is C16H13ClF3N3. The highest BCUT2D eigenvalue weighted by Gasteiger charge is 2.49. The molecule has 3 aromatic rings. The van der Waals surface area contributed by atoms with Crippen LogP contribution < -0.4 is 5.32 Å². The molecule has 2 aromatic heterocycles. The van der Waals surface area contributed by atoms with Gasteiger partial charge in [-0.05, 0) is 37.0 Å². The van der Waals surface area contributed by atoms with Crippen LogP contribution in [-0.4, -0.2) is 22.2 Å². The van der Waals surface area contributed by atoms with Gasteiger partial charge in [-0.1, -0.05) is 17.7 Å². The molecule has 1 saturated carbocycles. The fourth-order valence-electron chi connectivity index (χ4n) is 2.97. The number of fused-ring (bicyclic) bond motifs is 3. The number of halogens is 4. The molecule has 1 aromatic carbocycles. The fourth-order valence-corrected chi connectivity index (χ4v) is 3.15. The number of alkyl halides is 3. The van der Waals surface area contributed by atoms with Gasteiger partial charge in [-0.15, -0.1) is 0 Å². The van der Waals surface area contributed by atoms with E-state index in [1.165, 1.54) is 6.20 Å². The number of nitrogens with zero attached hydrogens (tertiary/aromatic N) is 1. The molecule has 2 N–H and O–H groups in total. The van der Waals surface area contributed by atoms with Gasteiger partial charge in [-0.3, -0.25) is 0 Å². The second-order valence-electron chi connectivity index (χ2n) is 5.90. The van der Waals surface area contributed by atoms with Crippen LogP contribution in [0, 0.1) is 5.92 Å². The fraction of sp³-hybridized carbons (Fsp3) is 0.312. The minimum absolute atomic E-state index is 0.255. The van der Waals surface area contributed by atoms with Crippen molar-refractivity contribution in [2.45, 2.75) is 25.1 Å². The van der Waals surface area contributed by atoms with Crippen LogP contribution in [0.15, 0.2) is 30.5 Å². The predicted octanol–water partition coefficient (Wildman–Crippen LogP) is 5.12. The Morgan fingerprint density at radius 3 is 2.70 bits per heavy atom. The normalized spacial score (nSPS) is 16.9. The largest absolute Gasteiger partial charge is 0.408 e. The van der Waals surface area contributed by atoms with E-state index in [9.17, 15) is 13.2 Å². The van der Waals surface area contributed by atoms with Crippen LogP contribution in [0.5, 0.6) is 0 Å². The maximum Gasteiger partial charge on any atom is 0.408 e. The highest BCUT2D eigenvalue weighted by molar-refractivity contribution is 6.31. The lowest BCUT2D eigenvalue weighted by atomic mass is 10.1. The van der Waals surface area contributed by atoms with Gasteiger partial charge >= 0.3 is 6.18 Å². The first-order chi connectivity index (χ1) is 10.9. The molecule has 7 heteroatoms. The van der Waals surface area contributed by atoms with Crippen LogP contribution in [0.3, 0.4) is 0 Å². The van der Waals surface area contributed by atoms with Crippen molar-refractivity contribution in [3.05, 3.63) is 35.5 Å². The third kappa shape index (κ3) is 2.61. The Hall–Kier alpha value is -1.95. The number of nitrogens with one attached hydrogen (secondary N) is 2. The second kappa shape index (κ2) is 5.03. The van der Waals surface area contributed by atoms with Crippen LogP contribution in [0.1, 0.15) is 12.8 Å². The maximum atomic E-state index is 13.3. The summed E-state index contributed by atoms with van der Waals surface area (Å²) in [6.45, 7) is 0. The van der Waals surface area contributed by atoms with E-state index >= 15 is 0 Å². The van der Waals surface area contributed by atoms with Crippen LogP contribution in [0.4, 0.5) is 19.0 Å². The van der Waals surface area contributed by atoms with E-state index in [4.69, 9.17) is 11.6 Å². The van der Waals surface area contributed by atoms with Gasteiger partial charge in [0.25, 0.3) is 0 Å². The molecule has 2 heterocycles. The predicted molar refractivity (Wildman–Crippen MR) is 84.8 cm³/mol. The maximum absolute atomic E-state index is 13.3. The molecule has 0 radical (unpaired) electrons. The summed E-state index contributed by atoms with van der Waals surface area (Å²) in [4.78, 5) is 7.32. The van der Waals surface area contributed by atoms with Crippen molar-refractivity contribution >= 4 is 39.2 Å². The number of aromatic nitrogens is 2. The number of rotatable bonds is 3. The average molecular weight is 340 g/mol. The summed E-state index contributed by atoms with van der Waals surface area (Å²) in [5, 5.41) is 4.66. The average Bonchev–Trinajstić information content (AvgIpc) is 3.23. The lowest BCUT2D eigenvalue weighted by molar-refractivity contribution is -0.146. The van der Waals surface area contributed by atoms with Gasteiger partial charge in [-0.2, -0.15) is 13.2 Å². The van der Waals surface area contributed by atoms with Crippen molar-refractivity contribution in [3.63, 3.8) is 0 Å². The Bertz CT molecular complexity index is 883. The van der Waals surface area contributed by atoms with Gasteiger partial charge in [0.2, 0.25) is 0 Å². The Morgan fingerprint density at radius 1 is 1.22 bits per heavy atom. The number of benzene rings is 1. The first-order valence-electron chi connectivity index (χ1n) is 7.32. The topological polar surface area (TPSA) is 40.7 Å². The smallest absolute Gasteiger partial charge is 0.358 e. The van der Waals surface area contributed by atoms with Gasteiger partial charge in [0, 0.05) is 27.5 Å². The summed E-state index contributed by atoms with van der Waals surface area (Å²) in [7, 11) is 0. The molecule has 1 aliphatic carbocycles. The van der Waals surface area contributed by atoms with Crippen molar-refractivity contribution in [1.82, 2.24) is 9.97 Å². The number of aromatic amines is 1. The van der Waals surface area contributed by atoms with Gasteiger partial charge < -0.3 is 10.3 Å². The molecule has 0 spiro atoms. The number of pyridine rings is 1. The number of hydrogen-bond donors (Lipinski definition) is 2. The summed E-state index contributed by atoms with van der Waals surface area (Å²) in [6, 6.07) is 5.45. The van der Waals surface area contributed by atoms with E-state index in [0.29, 0.717) is 23.3 Å². The van der Waals surface area contributed by atoms with Crippen LogP contribution in [0.2, 0.25) is 5.02 Å².